The van der Waals surface area contributed by atoms with Gasteiger partial charge in [-0.1, -0.05) is 6.07 Å². The molecule has 2 N–H and O–H groups in total. The summed E-state index contributed by atoms with van der Waals surface area (Å²) >= 11 is 0. The number of rotatable bonds is 5. The number of sulfone groups is 1. The van der Waals surface area contributed by atoms with Crippen molar-refractivity contribution in [1.82, 2.24) is 0 Å². The fraction of sp³-hybridized carbons (Fsp3) is 0.364. The zero-order chi connectivity index (χ0) is 13.1. The molecule has 0 aliphatic rings. The summed E-state index contributed by atoms with van der Waals surface area (Å²) in [6, 6.07) is 4.00. The van der Waals surface area contributed by atoms with Crippen LogP contribution in [0.4, 0.5) is 10.1 Å². The highest BCUT2D eigenvalue weighted by molar-refractivity contribution is 7.90. The van der Waals surface area contributed by atoms with Crippen molar-refractivity contribution in [3.63, 3.8) is 0 Å². The third-order valence-electron chi connectivity index (χ3n) is 2.27. The molecule has 1 aromatic rings. The van der Waals surface area contributed by atoms with Crippen LogP contribution >= 0.6 is 0 Å². The molecule has 0 unspecified atom stereocenters. The number of hydrogen-bond donors (Lipinski definition) is 1. The lowest BCUT2D eigenvalue weighted by atomic mass is 10.1. The summed E-state index contributed by atoms with van der Waals surface area (Å²) in [6.45, 7) is 0. The summed E-state index contributed by atoms with van der Waals surface area (Å²) in [5, 5.41) is 0. The predicted molar refractivity (Wildman–Crippen MR) is 64.1 cm³/mol. The van der Waals surface area contributed by atoms with Crippen LogP contribution in [0.25, 0.3) is 0 Å². The van der Waals surface area contributed by atoms with Crippen molar-refractivity contribution in [2.75, 3.05) is 17.7 Å². The van der Waals surface area contributed by atoms with Crippen molar-refractivity contribution < 1.29 is 17.6 Å². The van der Waals surface area contributed by atoms with Crippen LogP contribution in [0.1, 0.15) is 23.2 Å². The van der Waals surface area contributed by atoms with Crippen LogP contribution in [-0.4, -0.2) is 26.2 Å². The highest BCUT2D eigenvalue weighted by Gasteiger charge is 2.13. The number of ketones is 1. The first kappa shape index (κ1) is 13.6. The van der Waals surface area contributed by atoms with E-state index in [9.17, 15) is 17.6 Å². The van der Waals surface area contributed by atoms with E-state index in [-0.39, 0.29) is 35.6 Å². The van der Waals surface area contributed by atoms with Gasteiger partial charge in [-0.05, 0) is 18.6 Å². The van der Waals surface area contributed by atoms with Crippen LogP contribution in [0.5, 0.6) is 0 Å². The van der Waals surface area contributed by atoms with E-state index in [4.69, 9.17) is 5.73 Å². The number of halogens is 1. The number of carbonyl (C=O) groups excluding carboxylic acids is 1. The molecule has 1 rings (SSSR count). The molecule has 0 radical (unpaired) electrons. The largest absolute Gasteiger partial charge is 0.396 e. The molecule has 0 fully saturated rings. The fourth-order valence-corrected chi connectivity index (χ4v) is 2.08. The summed E-state index contributed by atoms with van der Waals surface area (Å²) in [4.78, 5) is 11.7. The number of anilines is 1. The zero-order valence-electron chi connectivity index (χ0n) is 9.44. The maximum Gasteiger partial charge on any atom is 0.165 e. The molecule has 1 aromatic carbocycles. The van der Waals surface area contributed by atoms with Gasteiger partial charge in [-0.2, -0.15) is 0 Å². The quantitative estimate of drug-likeness (QED) is 0.640. The molecule has 0 atom stereocenters. The van der Waals surface area contributed by atoms with Crippen LogP contribution in [0.3, 0.4) is 0 Å². The Morgan fingerprint density at radius 3 is 2.65 bits per heavy atom. The minimum atomic E-state index is -3.08. The Balaban J connectivity index is 2.68. The first-order chi connectivity index (χ1) is 7.81. The van der Waals surface area contributed by atoms with Gasteiger partial charge in [0.2, 0.25) is 0 Å². The standard InChI is InChI=1S/C11H14FNO3S/c1-17(15,16)7-3-6-10(14)8-4-2-5-9(12)11(8)13/h2,4-5H,3,6-7,13H2,1H3. The summed E-state index contributed by atoms with van der Waals surface area (Å²) in [7, 11) is -3.08. The Labute approximate surface area is 99.5 Å². The fourth-order valence-electron chi connectivity index (χ4n) is 1.41. The van der Waals surface area contributed by atoms with Crippen LogP contribution in [0.15, 0.2) is 18.2 Å². The lowest BCUT2D eigenvalue weighted by Crippen LogP contribution is -2.09. The molecule has 4 nitrogen and oxygen atoms in total. The number of nitrogen functional groups attached to an aromatic ring is 1. The molecule has 0 aromatic heterocycles. The molecule has 0 spiro atoms. The van der Waals surface area contributed by atoms with Gasteiger partial charge >= 0.3 is 0 Å². The zero-order valence-corrected chi connectivity index (χ0v) is 10.3. The van der Waals surface area contributed by atoms with Crippen molar-refractivity contribution in [1.29, 1.82) is 0 Å². The molecule has 0 amide bonds. The third kappa shape index (κ3) is 4.14. The molecule has 0 saturated heterocycles. The second-order valence-electron chi connectivity index (χ2n) is 3.86. The van der Waals surface area contributed by atoms with Gasteiger partial charge in [-0.3, -0.25) is 4.79 Å². The molecule has 0 saturated carbocycles. The van der Waals surface area contributed by atoms with Crippen molar-refractivity contribution in [2.45, 2.75) is 12.8 Å². The number of benzene rings is 1. The van der Waals surface area contributed by atoms with Crippen LogP contribution in [0, 0.1) is 5.82 Å². The molecule has 0 aliphatic heterocycles. The molecular formula is C11H14FNO3S. The van der Waals surface area contributed by atoms with Crippen molar-refractivity contribution in [2.24, 2.45) is 0 Å². The van der Waals surface area contributed by atoms with Crippen molar-refractivity contribution in [3.05, 3.63) is 29.6 Å². The molecule has 6 heteroatoms. The summed E-state index contributed by atoms with van der Waals surface area (Å²) in [6.07, 6.45) is 1.36. The average molecular weight is 259 g/mol. The number of Topliss-reactive ketones (excluding diaryl/α,β-unsaturated/α-hetero) is 1. The van der Waals surface area contributed by atoms with Gasteiger partial charge in [0.15, 0.2) is 5.78 Å². The topological polar surface area (TPSA) is 77.2 Å². The number of para-hydroxylation sites is 1. The highest BCUT2D eigenvalue weighted by Crippen LogP contribution is 2.18. The third-order valence-corrected chi connectivity index (χ3v) is 3.30. The van der Waals surface area contributed by atoms with Crippen molar-refractivity contribution >= 4 is 21.3 Å². The van der Waals surface area contributed by atoms with Crippen LogP contribution < -0.4 is 5.73 Å². The van der Waals surface area contributed by atoms with Gasteiger partial charge in [0.25, 0.3) is 0 Å². The molecule has 17 heavy (non-hydrogen) atoms. The Bertz CT molecular complexity index is 526. The van der Waals surface area contributed by atoms with Gasteiger partial charge in [-0.15, -0.1) is 0 Å². The van der Waals surface area contributed by atoms with E-state index in [2.05, 4.69) is 0 Å². The average Bonchev–Trinajstić information content (AvgIpc) is 2.20. The van der Waals surface area contributed by atoms with Gasteiger partial charge in [0.1, 0.15) is 15.7 Å². The highest BCUT2D eigenvalue weighted by atomic mass is 32.2. The Morgan fingerprint density at radius 2 is 2.06 bits per heavy atom. The summed E-state index contributed by atoms with van der Waals surface area (Å²) in [5.41, 5.74) is 5.35. The van der Waals surface area contributed by atoms with E-state index in [0.29, 0.717) is 0 Å². The van der Waals surface area contributed by atoms with E-state index in [1.807, 2.05) is 0 Å². The SMILES string of the molecule is CS(=O)(=O)CCCC(=O)c1cccc(F)c1N. The summed E-state index contributed by atoms with van der Waals surface area (Å²) in [5.74, 6) is -1.04. The van der Waals surface area contributed by atoms with Gasteiger partial charge < -0.3 is 5.73 Å². The first-order valence-electron chi connectivity index (χ1n) is 5.06. The molecular weight excluding hydrogens is 245 g/mol. The smallest absolute Gasteiger partial charge is 0.165 e. The second-order valence-corrected chi connectivity index (χ2v) is 6.12. The van der Waals surface area contributed by atoms with Gasteiger partial charge in [0, 0.05) is 18.2 Å². The molecule has 0 bridgehead atoms. The van der Waals surface area contributed by atoms with Gasteiger partial charge in [-0.25, -0.2) is 12.8 Å². The molecule has 0 aliphatic carbocycles. The van der Waals surface area contributed by atoms with Crippen LogP contribution in [-0.2, 0) is 9.84 Å². The Hall–Kier alpha value is -1.43. The molecule has 0 heterocycles. The number of hydrogen-bond acceptors (Lipinski definition) is 4. The minimum absolute atomic E-state index is 0.0424. The van der Waals surface area contributed by atoms with Gasteiger partial charge in [0.05, 0.1) is 11.4 Å². The van der Waals surface area contributed by atoms with E-state index < -0.39 is 15.7 Å². The van der Waals surface area contributed by atoms with E-state index in [0.717, 1.165) is 6.26 Å². The van der Waals surface area contributed by atoms with Crippen molar-refractivity contribution in [3.8, 4) is 0 Å². The maximum atomic E-state index is 13.1. The lowest BCUT2D eigenvalue weighted by molar-refractivity contribution is 0.0982. The summed E-state index contributed by atoms with van der Waals surface area (Å²) < 4.78 is 34.8. The van der Waals surface area contributed by atoms with E-state index in [1.54, 1.807) is 0 Å². The van der Waals surface area contributed by atoms with E-state index >= 15 is 0 Å². The molecule has 94 valence electrons. The Kier molecular flexibility index (Phi) is 4.22. The predicted octanol–water partition coefficient (Wildman–Crippen LogP) is 1.42. The maximum absolute atomic E-state index is 13.1. The monoisotopic (exact) mass is 259 g/mol. The Morgan fingerprint density at radius 1 is 1.41 bits per heavy atom. The first-order valence-corrected chi connectivity index (χ1v) is 7.12. The minimum Gasteiger partial charge on any atom is -0.396 e. The normalized spacial score (nSPS) is 11.4. The van der Waals surface area contributed by atoms with E-state index in [1.165, 1.54) is 18.2 Å². The lowest BCUT2D eigenvalue weighted by Gasteiger charge is -2.05. The number of nitrogens with two attached hydrogens (primary N) is 1. The second kappa shape index (κ2) is 5.27. The number of carbonyl (C=O) groups is 1. The van der Waals surface area contributed by atoms with Crippen LogP contribution in [0.2, 0.25) is 0 Å².